The van der Waals surface area contributed by atoms with Gasteiger partial charge < -0.3 is 5.11 Å². The Balaban J connectivity index is 1.64. The van der Waals surface area contributed by atoms with E-state index in [1.807, 2.05) is 54.8 Å². The molecule has 4 rings (SSSR count). The topological polar surface area (TPSA) is 50.9 Å². The second-order valence-electron chi connectivity index (χ2n) is 6.29. The van der Waals surface area contributed by atoms with Crippen LogP contribution in [0.1, 0.15) is 24.1 Å². The monoisotopic (exact) mass is 395 g/mol. The number of allylic oxidation sites excluding steroid dienone is 6. The van der Waals surface area contributed by atoms with Crippen LogP contribution in [-0.2, 0) is 12.1 Å². The molecule has 1 aromatic heterocycles. The van der Waals surface area contributed by atoms with Crippen LogP contribution in [0.5, 0.6) is 0 Å². The highest BCUT2D eigenvalue weighted by Crippen LogP contribution is 2.42. The van der Waals surface area contributed by atoms with Crippen LogP contribution in [0.15, 0.2) is 82.5 Å². The lowest BCUT2D eigenvalue weighted by Crippen LogP contribution is -2.30. The van der Waals surface area contributed by atoms with E-state index in [9.17, 15) is 5.11 Å². The lowest BCUT2D eigenvalue weighted by molar-refractivity contribution is 0.108. The Kier molecular flexibility index (Phi) is 4.27. The summed E-state index contributed by atoms with van der Waals surface area (Å²) < 4.78 is 2.82. The van der Waals surface area contributed by atoms with Crippen molar-refractivity contribution in [3.05, 3.63) is 93.8 Å². The largest absolute Gasteiger partial charge is 0.375 e. The van der Waals surface area contributed by atoms with E-state index in [2.05, 4.69) is 38.4 Å². The molecule has 4 nitrogen and oxygen atoms in total. The van der Waals surface area contributed by atoms with Crippen LogP contribution in [-0.4, -0.2) is 20.1 Å². The molecule has 1 N–H and O–H groups in total. The second-order valence-corrected chi connectivity index (χ2v) is 7.20. The number of halogens is 1. The minimum absolute atomic E-state index is 0.578. The molecule has 0 fully saturated rings. The summed E-state index contributed by atoms with van der Waals surface area (Å²) >= 11 is 3.44. The van der Waals surface area contributed by atoms with Crippen molar-refractivity contribution < 1.29 is 5.11 Å². The Morgan fingerprint density at radius 2 is 1.68 bits per heavy atom. The van der Waals surface area contributed by atoms with Crippen LogP contribution in [0, 0.1) is 0 Å². The molecule has 2 aromatic rings. The van der Waals surface area contributed by atoms with Crippen molar-refractivity contribution in [1.29, 1.82) is 0 Å². The first-order chi connectivity index (χ1) is 12.2. The van der Waals surface area contributed by atoms with E-state index in [-0.39, 0.29) is 0 Å². The third kappa shape index (κ3) is 3.05. The number of aliphatic hydroxyl groups is 1. The molecule has 0 aliphatic heterocycles. The molecule has 1 heterocycles. The number of hydrogen-bond acceptors (Lipinski definition) is 3. The maximum Gasteiger partial charge on any atom is 0.154 e. The van der Waals surface area contributed by atoms with Gasteiger partial charge in [-0.3, -0.25) is 0 Å². The number of nitrogens with zero attached hydrogens (tertiary/aromatic N) is 3. The molecule has 2 aliphatic carbocycles. The van der Waals surface area contributed by atoms with Crippen molar-refractivity contribution in [1.82, 2.24) is 15.0 Å². The van der Waals surface area contributed by atoms with Gasteiger partial charge >= 0.3 is 0 Å². The van der Waals surface area contributed by atoms with Gasteiger partial charge in [0, 0.05) is 4.47 Å². The summed E-state index contributed by atoms with van der Waals surface area (Å²) in [5.74, 6) is 0. The van der Waals surface area contributed by atoms with Crippen molar-refractivity contribution in [2.45, 2.75) is 25.0 Å². The Bertz CT molecular complexity index is 873. The van der Waals surface area contributed by atoms with E-state index < -0.39 is 5.60 Å². The summed E-state index contributed by atoms with van der Waals surface area (Å²) in [6.07, 6.45) is 15.3. The molecule has 5 heteroatoms. The maximum absolute atomic E-state index is 11.6. The lowest BCUT2D eigenvalue weighted by atomic mass is 9.82. The zero-order valence-corrected chi connectivity index (χ0v) is 15.2. The fourth-order valence-electron chi connectivity index (χ4n) is 3.28. The van der Waals surface area contributed by atoms with Crippen LogP contribution in [0.25, 0.3) is 0 Å². The van der Waals surface area contributed by atoms with E-state index in [0.717, 1.165) is 34.0 Å². The van der Waals surface area contributed by atoms with Crippen molar-refractivity contribution >= 4 is 15.9 Å². The zero-order chi connectivity index (χ0) is 17.3. The molecule has 0 saturated heterocycles. The summed E-state index contributed by atoms with van der Waals surface area (Å²) in [5.41, 5.74) is 2.41. The minimum Gasteiger partial charge on any atom is -0.375 e. The van der Waals surface area contributed by atoms with Gasteiger partial charge in [0.25, 0.3) is 0 Å². The molecule has 0 radical (unpaired) electrons. The fraction of sp³-hybridized carbons (Fsp3) is 0.200. The van der Waals surface area contributed by atoms with Crippen LogP contribution >= 0.6 is 15.9 Å². The van der Waals surface area contributed by atoms with Crippen LogP contribution in [0.3, 0.4) is 0 Å². The number of rotatable bonds is 5. The molecule has 0 bridgehead atoms. The van der Waals surface area contributed by atoms with E-state index in [1.54, 1.807) is 4.68 Å². The van der Waals surface area contributed by atoms with Gasteiger partial charge in [-0.15, -0.1) is 5.10 Å². The smallest absolute Gasteiger partial charge is 0.154 e. The summed E-state index contributed by atoms with van der Waals surface area (Å²) in [5, 5.41) is 20.1. The average Bonchev–Trinajstić information content (AvgIpc) is 3.38. The van der Waals surface area contributed by atoms with Crippen molar-refractivity contribution in [2.24, 2.45) is 0 Å². The zero-order valence-electron chi connectivity index (χ0n) is 13.6. The number of aromatic nitrogens is 3. The van der Waals surface area contributed by atoms with Gasteiger partial charge in [0.15, 0.2) is 5.60 Å². The molecule has 0 saturated carbocycles. The maximum atomic E-state index is 11.6. The highest BCUT2D eigenvalue weighted by Gasteiger charge is 2.40. The quantitative estimate of drug-likeness (QED) is 0.830. The standard InChI is InChI=1S/C20H18BrN3O/c21-18-11-9-15(10-12-18)13-24-14-19(22-23-24)20(25,16-5-1-2-6-16)17-7-3-4-8-17/h1-5,7,9-12,14,25H,6,8,13H2. The first kappa shape index (κ1) is 16.2. The van der Waals surface area contributed by atoms with Gasteiger partial charge in [0.05, 0.1) is 12.7 Å². The molecule has 0 atom stereocenters. The first-order valence-electron chi connectivity index (χ1n) is 8.26. The van der Waals surface area contributed by atoms with Gasteiger partial charge in [-0.05, 0) is 41.7 Å². The number of hydrogen-bond donors (Lipinski definition) is 1. The Morgan fingerprint density at radius 1 is 1.04 bits per heavy atom. The second kappa shape index (κ2) is 6.58. The molecule has 0 spiro atoms. The van der Waals surface area contributed by atoms with E-state index >= 15 is 0 Å². The Hall–Kier alpha value is -2.24. The predicted octanol–water partition coefficient (Wildman–Crippen LogP) is 4.05. The predicted molar refractivity (Wildman–Crippen MR) is 101 cm³/mol. The van der Waals surface area contributed by atoms with Gasteiger partial charge in [-0.2, -0.15) is 0 Å². The van der Waals surface area contributed by atoms with Crippen molar-refractivity contribution in [2.75, 3.05) is 0 Å². The molecular weight excluding hydrogens is 378 g/mol. The molecule has 2 aliphatic rings. The molecule has 126 valence electrons. The summed E-state index contributed by atoms with van der Waals surface area (Å²) in [4.78, 5) is 0. The highest BCUT2D eigenvalue weighted by atomic mass is 79.9. The molecule has 0 amide bonds. The lowest BCUT2D eigenvalue weighted by Gasteiger charge is -2.29. The average molecular weight is 396 g/mol. The summed E-state index contributed by atoms with van der Waals surface area (Å²) in [6.45, 7) is 0.616. The summed E-state index contributed by atoms with van der Waals surface area (Å²) in [7, 11) is 0. The Morgan fingerprint density at radius 3 is 2.24 bits per heavy atom. The van der Waals surface area contributed by atoms with Gasteiger partial charge in [-0.1, -0.05) is 69.7 Å². The highest BCUT2D eigenvalue weighted by molar-refractivity contribution is 9.10. The van der Waals surface area contributed by atoms with Crippen LogP contribution in [0.4, 0.5) is 0 Å². The van der Waals surface area contributed by atoms with Gasteiger partial charge in [0.1, 0.15) is 5.69 Å². The Labute approximate surface area is 155 Å². The van der Waals surface area contributed by atoms with E-state index in [4.69, 9.17) is 0 Å². The van der Waals surface area contributed by atoms with Crippen LogP contribution in [0.2, 0.25) is 0 Å². The van der Waals surface area contributed by atoms with Crippen LogP contribution < -0.4 is 0 Å². The SMILES string of the molecule is OC(C1=CC=CC1)(C1=CC=CC1)c1cn(Cc2ccc(Br)cc2)nn1. The molecular formula is C20H18BrN3O. The third-order valence-electron chi connectivity index (χ3n) is 4.64. The van der Waals surface area contributed by atoms with Gasteiger partial charge in [-0.25, -0.2) is 4.68 Å². The number of benzene rings is 1. The normalized spacial score (nSPS) is 16.4. The van der Waals surface area contributed by atoms with E-state index in [0.29, 0.717) is 12.2 Å². The van der Waals surface area contributed by atoms with Gasteiger partial charge in [0.2, 0.25) is 0 Å². The van der Waals surface area contributed by atoms with Crippen molar-refractivity contribution in [3.63, 3.8) is 0 Å². The summed E-state index contributed by atoms with van der Waals surface area (Å²) in [6, 6.07) is 8.11. The first-order valence-corrected chi connectivity index (χ1v) is 9.05. The minimum atomic E-state index is -1.19. The van der Waals surface area contributed by atoms with E-state index in [1.165, 1.54) is 0 Å². The molecule has 1 aromatic carbocycles. The fourth-order valence-corrected chi connectivity index (χ4v) is 3.55. The molecule has 0 unspecified atom stereocenters. The molecule has 25 heavy (non-hydrogen) atoms. The van der Waals surface area contributed by atoms with Crippen molar-refractivity contribution in [3.8, 4) is 0 Å². The third-order valence-corrected chi connectivity index (χ3v) is 5.17.